The zero-order chi connectivity index (χ0) is 16.4. The Morgan fingerprint density at radius 3 is 2.18 bits per heavy atom. The molecule has 0 fully saturated rings. The minimum absolute atomic E-state index is 0.0110. The van der Waals surface area contributed by atoms with Gasteiger partial charge in [-0.1, -0.05) is 51.5 Å². The van der Waals surface area contributed by atoms with E-state index < -0.39 is 0 Å². The average Bonchev–Trinajstić information content (AvgIpc) is 2.50. The van der Waals surface area contributed by atoms with Gasteiger partial charge < -0.3 is 10.6 Å². The summed E-state index contributed by atoms with van der Waals surface area (Å²) in [5.41, 5.74) is 2.34. The highest BCUT2D eigenvalue weighted by molar-refractivity contribution is 5.79. The lowest BCUT2D eigenvalue weighted by Gasteiger charge is -2.09. The van der Waals surface area contributed by atoms with Crippen molar-refractivity contribution in [1.29, 1.82) is 0 Å². The molecule has 0 aliphatic rings. The molecule has 0 saturated heterocycles. The van der Waals surface area contributed by atoms with Crippen molar-refractivity contribution < 1.29 is 9.59 Å². The van der Waals surface area contributed by atoms with E-state index in [1.165, 1.54) is 18.4 Å². The number of carbonyl (C=O) groups excluding carboxylic acids is 2. The highest BCUT2D eigenvalue weighted by Gasteiger charge is 2.06. The Bertz CT molecular complexity index is 466. The van der Waals surface area contributed by atoms with E-state index in [1.54, 1.807) is 0 Å². The smallest absolute Gasteiger partial charge is 0.224 e. The molecule has 0 saturated carbocycles. The number of amides is 2. The number of nitrogens with one attached hydrogen (secondary N) is 2. The van der Waals surface area contributed by atoms with Crippen molar-refractivity contribution >= 4 is 11.8 Å². The lowest BCUT2D eigenvalue weighted by atomic mass is 10.0. The van der Waals surface area contributed by atoms with Crippen LogP contribution < -0.4 is 10.6 Å². The number of benzene rings is 1. The van der Waals surface area contributed by atoms with E-state index in [-0.39, 0.29) is 17.7 Å². The van der Waals surface area contributed by atoms with Gasteiger partial charge in [0.25, 0.3) is 0 Å². The highest BCUT2D eigenvalue weighted by atomic mass is 16.2. The average molecular weight is 304 g/mol. The number of carbonyl (C=O) groups is 2. The molecule has 1 aromatic rings. The van der Waals surface area contributed by atoms with Crippen molar-refractivity contribution in [2.75, 3.05) is 13.1 Å². The van der Waals surface area contributed by atoms with Gasteiger partial charge in [-0.15, -0.1) is 0 Å². The van der Waals surface area contributed by atoms with E-state index in [1.807, 2.05) is 26.0 Å². The number of hydrogen-bond acceptors (Lipinski definition) is 2. The van der Waals surface area contributed by atoms with Crippen molar-refractivity contribution in [2.24, 2.45) is 5.92 Å². The van der Waals surface area contributed by atoms with Crippen LogP contribution in [0.4, 0.5) is 0 Å². The topological polar surface area (TPSA) is 58.2 Å². The molecule has 1 aromatic carbocycles. The van der Waals surface area contributed by atoms with E-state index in [0.29, 0.717) is 19.5 Å². The zero-order valence-electron chi connectivity index (χ0n) is 13.9. The zero-order valence-corrected chi connectivity index (χ0v) is 13.9. The molecule has 0 aliphatic heterocycles. The van der Waals surface area contributed by atoms with Crippen LogP contribution in [0, 0.1) is 5.92 Å². The van der Waals surface area contributed by atoms with Crippen LogP contribution in [0.15, 0.2) is 24.3 Å². The predicted octanol–water partition coefficient (Wildman–Crippen LogP) is 2.46. The van der Waals surface area contributed by atoms with Crippen LogP contribution in [0.25, 0.3) is 0 Å². The summed E-state index contributed by atoms with van der Waals surface area (Å²) in [7, 11) is 0. The first-order valence-corrected chi connectivity index (χ1v) is 8.15. The second kappa shape index (κ2) is 9.98. The van der Waals surface area contributed by atoms with Gasteiger partial charge in [-0.05, 0) is 24.0 Å². The Kier molecular flexibility index (Phi) is 8.26. The maximum atomic E-state index is 11.8. The van der Waals surface area contributed by atoms with Crippen LogP contribution in [0.3, 0.4) is 0 Å². The molecule has 0 unspecified atom stereocenters. The Morgan fingerprint density at radius 1 is 1.00 bits per heavy atom. The molecule has 0 aliphatic carbocycles. The lowest BCUT2D eigenvalue weighted by molar-refractivity contribution is -0.124. The monoisotopic (exact) mass is 304 g/mol. The number of aryl methyl sites for hydroxylation is 1. The lowest BCUT2D eigenvalue weighted by Crippen LogP contribution is -2.36. The molecule has 1 rings (SSSR count). The van der Waals surface area contributed by atoms with E-state index in [0.717, 1.165) is 12.0 Å². The number of hydrogen-bond donors (Lipinski definition) is 2. The predicted molar refractivity (Wildman–Crippen MR) is 89.6 cm³/mol. The first kappa shape index (κ1) is 18.2. The van der Waals surface area contributed by atoms with Gasteiger partial charge in [0.1, 0.15) is 0 Å². The van der Waals surface area contributed by atoms with Crippen molar-refractivity contribution in [3.8, 4) is 0 Å². The molecular weight excluding hydrogens is 276 g/mol. The normalized spacial score (nSPS) is 10.5. The summed E-state index contributed by atoms with van der Waals surface area (Å²) in [6, 6.07) is 8.23. The third-order valence-electron chi connectivity index (χ3n) is 3.48. The quantitative estimate of drug-likeness (QED) is 0.689. The Balaban J connectivity index is 2.25. The fourth-order valence-electron chi connectivity index (χ4n) is 2.04. The summed E-state index contributed by atoms with van der Waals surface area (Å²) in [6.45, 7) is 6.81. The molecule has 0 aromatic heterocycles. The van der Waals surface area contributed by atoms with Crippen molar-refractivity contribution in [3.05, 3.63) is 35.4 Å². The minimum Gasteiger partial charge on any atom is -0.354 e. The van der Waals surface area contributed by atoms with Crippen molar-refractivity contribution in [3.63, 3.8) is 0 Å². The molecule has 2 amide bonds. The number of unbranched alkanes of at least 4 members (excludes halogenated alkanes) is 1. The van der Waals surface area contributed by atoms with Gasteiger partial charge in [-0.25, -0.2) is 0 Å². The molecule has 0 spiro atoms. The third-order valence-corrected chi connectivity index (χ3v) is 3.48. The van der Waals surface area contributed by atoms with Gasteiger partial charge in [-0.3, -0.25) is 9.59 Å². The first-order valence-electron chi connectivity index (χ1n) is 8.15. The summed E-state index contributed by atoms with van der Waals surface area (Å²) in [5, 5.41) is 5.60. The van der Waals surface area contributed by atoms with Crippen molar-refractivity contribution in [2.45, 2.75) is 46.5 Å². The largest absolute Gasteiger partial charge is 0.354 e. The Morgan fingerprint density at radius 2 is 1.59 bits per heavy atom. The van der Waals surface area contributed by atoms with Gasteiger partial charge in [0, 0.05) is 19.0 Å². The van der Waals surface area contributed by atoms with Crippen LogP contribution in [-0.2, 0) is 22.4 Å². The van der Waals surface area contributed by atoms with Crippen LogP contribution in [0.1, 0.15) is 44.7 Å². The van der Waals surface area contributed by atoms with Gasteiger partial charge >= 0.3 is 0 Å². The molecule has 4 nitrogen and oxygen atoms in total. The summed E-state index contributed by atoms with van der Waals surface area (Å²) in [5.74, 6) is -0.0288. The molecule has 4 heteroatoms. The van der Waals surface area contributed by atoms with Gasteiger partial charge in [0.2, 0.25) is 11.8 Å². The molecular formula is C18H28N2O2. The van der Waals surface area contributed by atoms with Crippen LogP contribution in [-0.4, -0.2) is 24.9 Å². The molecule has 0 radical (unpaired) electrons. The fraction of sp³-hybridized carbons (Fsp3) is 0.556. The van der Waals surface area contributed by atoms with E-state index in [9.17, 15) is 9.59 Å². The molecule has 122 valence electrons. The third kappa shape index (κ3) is 7.25. The Hall–Kier alpha value is -1.84. The van der Waals surface area contributed by atoms with E-state index >= 15 is 0 Å². The Labute approximate surface area is 133 Å². The summed E-state index contributed by atoms with van der Waals surface area (Å²) in [6.07, 6.45) is 3.87. The summed E-state index contributed by atoms with van der Waals surface area (Å²) >= 11 is 0. The van der Waals surface area contributed by atoms with Crippen molar-refractivity contribution in [1.82, 2.24) is 10.6 Å². The molecule has 0 atom stereocenters. The maximum absolute atomic E-state index is 11.8. The highest BCUT2D eigenvalue weighted by Crippen LogP contribution is 2.08. The summed E-state index contributed by atoms with van der Waals surface area (Å²) in [4.78, 5) is 23.2. The van der Waals surface area contributed by atoms with Gasteiger partial charge in [0.05, 0.1) is 6.42 Å². The number of rotatable bonds is 9. The van der Waals surface area contributed by atoms with Crippen LogP contribution in [0.5, 0.6) is 0 Å². The minimum atomic E-state index is -0.0260. The fourth-order valence-corrected chi connectivity index (χ4v) is 2.04. The van der Waals surface area contributed by atoms with Crippen LogP contribution >= 0.6 is 0 Å². The molecule has 0 bridgehead atoms. The molecule has 0 heterocycles. The van der Waals surface area contributed by atoms with Crippen LogP contribution in [0.2, 0.25) is 0 Å². The molecule has 2 N–H and O–H groups in total. The van der Waals surface area contributed by atoms with E-state index in [2.05, 4.69) is 29.7 Å². The van der Waals surface area contributed by atoms with E-state index in [4.69, 9.17) is 0 Å². The maximum Gasteiger partial charge on any atom is 0.224 e. The summed E-state index contributed by atoms with van der Waals surface area (Å²) < 4.78 is 0. The SMILES string of the molecule is CCCCc1ccc(CC(=O)NCCNC(=O)C(C)C)cc1. The second-order valence-electron chi connectivity index (χ2n) is 5.89. The van der Waals surface area contributed by atoms with Gasteiger partial charge in [0.15, 0.2) is 0 Å². The first-order chi connectivity index (χ1) is 10.5. The standard InChI is InChI=1S/C18H28N2O2/c1-4-5-6-15-7-9-16(10-8-15)13-17(21)19-11-12-20-18(22)14(2)3/h7-10,14H,4-6,11-13H2,1-3H3,(H,19,21)(H,20,22). The second-order valence-corrected chi connectivity index (χ2v) is 5.89. The van der Waals surface area contributed by atoms with Gasteiger partial charge in [-0.2, -0.15) is 0 Å². The molecule has 22 heavy (non-hydrogen) atoms.